The molecule has 0 aliphatic heterocycles. The molecule has 1 aliphatic carbocycles. The topological polar surface area (TPSA) is 129 Å². The van der Waals surface area contributed by atoms with Crippen LogP contribution in [-0.4, -0.2) is 50.4 Å². The van der Waals surface area contributed by atoms with E-state index in [-0.39, 0.29) is 23.8 Å². The number of carbonyl (C=O) groups excluding carboxylic acids is 2. The first-order valence-corrected chi connectivity index (χ1v) is 12.2. The first-order valence-electron chi connectivity index (χ1n) is 12.2. The predicted octanol–water partition coefficient (Wildman–Crippen LogP) is 1.46. The van der Waals surface area contributed by atoms with Crippen molar-refractivity contribution in [3.05, 3.63) is 63.1 Å². The van der Waals surface area contributed by atoms with E-state index in [1.807, 2.05) is 30.3 Å². The molecule has 1 aromatic carbocycles. The molecule has 11 heteroatoms. The Morgan fingerprint density at radius 3 is 2.58 bits per heavy atom. The third-order valence-electron chi connectivity index (χ3n) is 6.69. The number of urea groups is 1. The maximum Gasteiger partial charge on any atom is 0.333 e. The van der Waals surface area contributed by atoms with Crippen molar-refractivity contribution in [1.82, 2.24) is 29.3 Å². The average molecular weight is 497 g/mol. The molecule has 1 aliphatic rings. The fourth-order valence-electron chi connectivity index (χ4n) is 4.69. The Bertz CT molecular complexity index is 1340. The summed E-state index contributed by atoms with van der Waals surface area (Å²) in [5.74, 6) is -0.425. The van der Waals surface area contributed by atoms with Gasteiger partial charge in [0.1, 0.15) is 6.54 Å². The second-order valence-electron chi connectivity index (χ2n) is 9.24. The first-order chi connectivity index (χ1) is 17.4. The summed E-state index contributed by atoms with van der Waals surface area (Å²) in [7, 11) is 1.55. The van der Waals surface area contributed by atoms with Gasteiger partial charge in [-0.2, -0.15) is 0 Å². The van der Waals surface area contributed by atoms with Crippen molar-refractivity contribution >= 4 is 23.1 Å². The van der Waals surface area contributed by atoms with Crippen molar-refractivity contribution in [2.24, 2.45) is 5.92 Å². The molecule has 1 saturated carbocycles. The Morgan fingerprint density at radius 1 is 1.11 bits per heavy atom. The summed E-state index contributed by atoms with van der Waals surface area (Å²) in [6.07, 6.45) is 5.51. The smallest absolute Gasteiger partial charge is 0.333 e. The van der Waals surface area contributed by atoms with Gasteiger partial charge in [-0.05, 0) is 24.3 Å². The van der Waals surface area contributed by atoms with Gasteiger partial charge in [-0.25, -0.2) is 19.1 Å². The summed E-state index contributed by atoms with van der Waals surface area (Å²) in [5, 5.41) is 5.12. The minimum atomic E-state index is -0.747. The first kappa shape index (κ1) is 25.4. The van der Waals surface area contributed by atoms with E-state index in [4.69, 9.17) is 4.74 Å². The highest BCUT2D eigenvalue weighted by atomic mass is 16.5. The Morgan fingerprint density at radius 2 is 1.86 bits per heavy atom. The second-order valence-corrected chi connectivity index (χ2v) is 9.24. The fraction of sp³-hybridized carbons (Fsp3) is 0.480. The molecule has 3 amide bonds. The van der Waals surface area contributed by atoms with Crippen LogP contribution >= 0.6 is 0 Å². The van der Waals surface area contributed by atoms with Crippen LogP contribution in [0.2, 0.25) is 0 Å². The van der Waals surface area contributed by atoms with E-state index in [2.05, 4.69) is 22.5 Å². The number of fused-ring (bicyclic) bond motifs is 1. The highest BCUT2D eigenvalue weighted by Gasteiger charge is 2.24. The lowest BCUT2D eigenvalue weighted by Crippen LogP contribution is -2.50. The number of carbonyl (C=O) groups is 2. The maximum atomic E-state index is 13.4. The van der Waals surface area contributed by atoms with Crippen molar-refractivity contribution in [2.75, 3.05) is 13.7 Å². The van der Waals surface area contributed by atoms with Crippen molar-refractivity contribution in [1.29, 1.82) is 0 Å². The summed E-state index contributed by atoms with van der Waals surface area (Å²) in [6, 6.07) is 8.66. The number of benzene rings is 1. The molecule has 2 heterocycles. The van der Waals surface area contributed by atoms with Gasteiger partial charge in [0.05, 0.1) is 19.5 Å². The summed E-state index contributed by atoms with van der Waals surface area (Å²) >= 11 is 0. The molecule has 2 atom stereocenters. The SMILES string of the molecule is COCCn1cnc2c1c(=O)n(CC(=O)NC(=O)N[C@@H]1CCCC[C@@H]1C)c(=O)n2Cc1ccccc1. The van der Waals surface area contributed by atoms with E-state index in [1.165, 1.54) is 10.9 Å². The lowest BCUT2D eigenvalue weighted by molar-refractivity contribution is -0.120. The van der Waals surface area contributed by atoms with E-state index in [0.717, 1.165) is 35.8 Å². The second kappa shape index (κ2) is 11.3. The number of hydrogen-bond acceptors (Lipinski definition) is 6. The minimum absolute atomic E-state index is 0.0103. The van der Waals surface area contributed by atoms with Crippen LogP contribution in [0.4, 0.5) is 4.79 Å². The van der Waals surface area contributed by atoms with Gasteiger partial charge in [0.2, 0.25) is 5.91 Å². The third kappa shape index (κ3) is 5.56. The lowest BCUT2D eigenvalue weighted by Gasteiger charge is -2.29. The van der Waals surface area contributed by atoms with Crippen molar-refractivity contribution in [3.8, 4) is 0 Å². The highest BCUT2D eigenvalue weighted by molar-refractivity contribution is 5.94. The Hall–Kier alpha value is -3.73. The van der Waals surface area contributed by atoms with Crippen LogP contribution in [0.1, 0.15) is 38.2 Å². The number of nitrogens with one attached hydrogen (secondary N) is 2. The molecular formula is C25H32N6O5. The molecule has 36 heavy (non-hydrogen) atoms. The van der Waals surface area contributed by atoms with Gasteiger partial charge in [-0.1, -0.05) is 50.1 Å². The molecule has 0 spiro atoms. The number of aromatic nitrogens is 4. The van der Waals surface area contributed by atoms with E-state index in [0.29, 0.717) is 19.1 Å². The van der Waals surface area contributed by atoms with Gasteiger partial charge in [0.15, 0.2) is 11.2 Å². The van der Waals surface area contributed by atoms with E-state index in [9.17, 15) is 19.2 Å². The molecular weight excluding hydrogens is 464 g/mol. The Kier molecular flexibility index (Phi) is 7.99. The van der Waals surface area contributed by atoms with Crippen molar-refractivity contribution in [2.45, 2.75) is 58.3 Å². The Balaban J connectivity index is 1.63. The monoisotopic (exact) mass is 496 g/mol. The average Bonchev–Trinajstić information content (AvgIpc) is 3.29. The zero-order valence-corrected chi connectivity index (χ0v) is 20.6. The van der Waals surface area contributed by atoms with Gasteiger partial charge < -0.3 is 14.6 Å². The van der Waals surface area contributed by atoms with Gasteiger partial charge in [-0.3, -0.25) is 19.5 Å². The largest absolute Gasteiger partial charge is 0.383 e. The zero-order chi connectivity index (χ0) is 25.7. The van der Waals surface area contributed by atoms with Crippen molar-refractivity contribution in [3.63, 3.8) is 0 Å². The number of nitrogens with zero attached hydrogens (tertiary/aromatic N) is 4. The summed E-state index contributed by atoms with van der Waals surface area (Å²) in [5.41, 5.74) is -0.0707. The maximum absolute atomic E-state index is 13.4. The quantitative estimate of drug-likeness (QED) is 0.486. The molecule has 192 valence electrons. The van der Waals surface area contributed by atoms with Crippen LogP contribution in [0.5, 0.6) is 0 Å². The molecule has 4 rings (SSSR count). The molecule has 1 fully saturated rings. The number of hydrogen-bond donors (Lipinski definition) is 2. The van der Waals surface area contributed by atoms with E-state index >= 15 is 0 Å². The predicted molar refractivity (Wildman–Crippen MR) is 134 cm³/mol. The van der Waals surface area contributed by atoms with Crippen LogP contribution in [0.3, 0.4) is 0 Å². The van der Waals surface area contributed by atoms with Crippen molar-refractivity contribution < 1.29 is 14.3 Å². The molecule has 11 nitrogen and oxygen atoms in total. The molecule has 0 saturated heterocycles. The Labute approximate surface area is 208 Å². The number of methoxy groups -OCH3 is 1. The summed E-state index contributed by atoms with van der Waals surface area (Å²) in [4.78, 5) is 56.2. The van der Waals surface area contributed by atoms with E-state index in [1.54, 1.807) is 11.7 Å². The standard InChI is InChI=1S/C25H32N6O5/c1-17-8-6-7-11-19(17)27-24(34)28-20(32)15-31-23(33)21-22(26-16-29(21)12-13-36-2)30(25(31)35)14-18-9-4-3-5-10-18/h3-5,9-10,16-17,19H,6-8,11-15H2,1-2H3,(H2,27,28,32,34)/t17-,19+/m0/s1. The van der Waals surface area contributed by atoms with Crippen LogP contribution in [0, 0.1) is 5.92 Å². The number of rotatable bonds is 8. The number of amides is 3. The summed E-state index contributed by atoms with van der Waals surface area (Å²) in [6.45, 7) is 2.33. The van der Waals surface area contributed by atoms with Crippen LogP contribution < -0.4 is 21.9 Å². The molecule has 2 N–H and O–H groups in total. The minimum Gasteiger partial charge on any atom is -0.383 e. The molecule has 0 bridgehead atoms. The summed E-state index contributed by atoms with van der Waals surface area (Å²) < 4.78 is 8.95. The van der Waals surface area contributed by atoms with Crippen LogP contribution in [-0.2, 0) is 29.2 Å². The third-order valence-corrected chi connectivity index (χ3v) is 6.69. The number of imide groups is 1. The van der Waals surface area contributed by atoms with Crippen LogP contribution in [0.15, 0.2) is 46.2 Å². The fourth-order valence-corrected chi connectivity index (χ4v) is 4.69. The highest BCUT2D eigenvalue weighted by Crippen LogP contribution is 2.23. The molecule has 2 aromatic heterocycles. The number of ether oxygens (including phenoxy) is 1. The van der Waals surface area contributed by atoms with Crippen LogP contribution in [0.25, 0.3) is 11.2 Å². The van der Waals surface area contributed by atoms with Gasteiger partial charge in [0, 0.05) is 19.7 Å². The molecule has 3 aromatic rings. The van der Waals surface area contributed by atoms with E-state index < -0.39 is 29.7 Å². The molecule has 0 unspecified atom stereocenters. The van der Waals surface area contributed by atoms with Gasteiger partial charge in [0.25, 0.3) is 5.56 Å². The lowest BCUT2D eigenvalue weighted by atomic mass is 9.86. The zero-order valence-electron chi connectivity index (χ0n) is 20.6. The van der Waals surface area contributed by atoms with Gasteiger partial charge in [-0.15, -0.1) is 0 Å². The number of imidazole rings is 1. The molecule has 0 radical (unpaired) electrons. The normalized spacial score (nSPS) is 17.7. The van der Waals surface area contributed by atoms with Gasteiger partial charge >= 0.3 is 11.7 Å².